The number of pyridine rings is 1. The summed E-state index contributed by atoms with van der Waals surface area (Å²) in [4.78, 5) is 8.46. The van der Waals surface area contributed by atoms with Crippen LogP contribution in [0.25, 0.3) is 0 Å². The molecule has 19 heavy (non-hydrogen) atoms. The Morgan fingerprint density at radius 1 is 1.16 bits per heavy atom. The van der Waals surface area contributed by atoms with E-state index in [9.17, 15) is 4.39 Å². The van der Waals surface area contributed by atoms with Crippen molar-refractivity contribution < 1.29 is 9.13 Å². The van der Waals surface area contributed by atoms with Gasteiger partial charge in [-0.3, -0.25) is 0 Å². The van der Waals surface area contributed by atoms with Crippen LogP contribution in [0.2, 0.25) is 0 Å². The summed E-state index contributed by atoms with van der Waals surface area (Å²) in [6.07, 6.45) is 2.01. The van der Waals surface area contributed by atoms with Crippen molar-refractivity contribution in [2.24, 2.45) is 4.99 Å². The first-order valence-corrected chi connectivity index (χ1v) is 6.18. The van der Waals surface area contributed by atoms with Gasteiger partial charge in [0.15, 0.2) is 0 Å². The quantitative estimate of drug-likeness (QED) is 0.846. The van der Waals surface area contributed by atoms with Crippen LogP contribution in [0, 0.1) is 5.82 Å². The fourth-order valence-electron chi connectivity index (χ4n) is 2.05. The molecule has 0 N–H and O–H groups in total. The van der Waals surface area contributed by atoms with Crippen LogP contribution < -0.4 is 0 Å². The third kappa shape index (κ3) is 2.78. The molecule has 1 aromatic heterocycles. The highest BCUT2D eigenvalue weighted by Crippen LogP contribution is 2.14. The van der Waals surface area contributed by atoms with Gasteiger partial charge in [0.2, 0.25) is 5.90 Å². The maximum Gasteiger partial charge on any atom is 0.235 e. The van der Waals surface area contributed by atoms with E-state index in [2.05, 4.69) is 22.1 Å². The Hall–Kier alpha value is -2.23. The van der Waals surface area contributed by atoms with Gasteiger partial charge in [0.05, 0.1) is 12.2 Å². The van der Waals surface area contributed by atoms with E-state index in [1.807, 2.05) is 18.2 Å². The molecular weight excluding hydrogens is 243 g/mol. The van der Waals surface area contributed by atoms with Crippen LogP contribution in [0.4, 0.5) is 4.39 Å². The summed E-state index contributed by atoms with van der Waals surface area (Å²) in [5.41, 5.74) is 1.81. The molecule has 0 unspecified atom stereocenters. The fourth-order valence-corrected chi connectivity index (χ4v) is 2.05. The standard InChI is InChI=1S/C15H13FN2O/c16-12-6-7-14(17-9-12)15-18-13(10-19-15)8-11-4-2-1-3-5-11/h1-7,9,13H,8,10H2/t13-/m1/s1. The molecule has 0 spiro atoms. The maximum atomic E-state index is 12.8. The van der Waals surface area contributed by atoms with Crippen molar-refractivity contribution in [3.05, 3.63) is 65.7 Å². The van der Waals surface area contributed by atoms with Crippen molar-refractivity contribution in [2.45, 2.75) is 12.5 Å². The van der Waals surface area contributed by atoms with Crippen molar-refractivity contribution in [1.82, 2.24) is 4.98 Å². The van der Waals surface area contributed by atoms with Gasteiger partial charge in [-0.1, -0.05) is 30.3 Å². The van der Waals surface area contributed by atoms with E-state index in [0.29, 0.717) is 18.2 Å². The zero-order valence-electron chi connectivity index (χ0n) is 10.3. The number of nitrogens with zero attached hydrogens (tertiary/aromatic N) is 2. The van der Waals surface area contributed by atoms with Crippen molar-refractivity contribution in [2.75, 3.05) is 6.61 Å². The van der Waals surface area contributed by atoms with Crippen LogP contribution in [-0.4, -0.2) is 23.5 Å². The predicted octanol–water partition coefficient (Wildman–Crippen LogP) is 2.61. The van der Waals surface area contributed by atoms with Crippen molar-refractivity contribution >= 4 is 5.90 Å². The lowest BCUT2D eigenvalue weighted by Gasteiger charge is -2.03. The monoisotopic (exact) mass is 256 g/mol. The van der Waals surface area contributed by atoms with Gasteiger partial charge in [0, 0.05) is 0 Å². The number of aromatic nitrogens is 1. The van der Waals surface area contributed by atoms with Gasteiger partial charge in [-0.15, -0.1) is 0 Å². The lowest BCUT2D eigenvalue weighted by Crippen LogP contribution is -2.09. The molecule has 2 aromatic rings. The number of benzene rings is 1. The van der Waals surface area contributed by atoms with Gasteiger partial charge in [-0.2, -0.15) is 0 Å². The van der Waals surface area contributed by atoms with Gasteiger partial charge in [-0.25, -0.2) is 14.4 Å². The highest BCUT2D eigenvalue weighted by atomic mass is 19.1. The van der Waals surface area contributed by atoms with E-state index in [-0.39, 0.29) is 11.9 Å². The Kier molecular flexibility index (Phi) is 3.23. The number of ether oxygens (including phenoxy) is 1. The molecule has 0 fully saturated rings. The molecule has 96 valence electrons. The van der Waals surface area contributed by atoms with Gasteiger partial charge in [0.25, 0.3) is 0 Å². The Labute approximate surface area is 110 Å². The fraction of sp³-hybridized carbons (Fsp3) is 0.200. The topological polar surface area (TPSA) is 34.5 Å². The van der Waals surface area contributed by atoms with Crippen LogP contribution >= 0.6 is 0 Å². The molecule has 0 saturated carbocycles. The van der Waals surface area contributed by atoms with Gasteiger partial charge in [-0.05, 0) is 24.1 Å². The second-order valence-electron chi connectivity index (χ2n) is 4.45. The maximum absolute atomic E-state index is 12.8. The molecule has 4 heteroatoms. The zero-order valence-corrected chi connectivity index (χ0v) is 10.3. The normalized spacial score (nSPS) is 17.9. The SMILES string of the molecule is Fc1ccc(C2=N[C@H](Cc3ccccc3)CO2)nc1. The van der Waals surface area contributed by atoms with E-state index >= 15 is 0 Å². The van der Waals surface area contributed by atoms with Crippen molar-refractivity contribution in [3.63, 3.8) is 0 Å². The van der Waals surface area contributed by atoms with Crippen molar-refractivity contribution in [1.29, 1.82) is 0 Å². The number of rotatable bonds is 3. The number of halogens is 1. The van der Waals surface area contributed by atoms with E-state index in [1.54, 1.807) is 6.07 Å². The van der Waals surface area contributed by atoms with Crippen LogP contribution in [0.3, 0.4) is 0 Å². The first-order valence-electron chi connectivity index (χ1n) is 6.18. The third-order valence-corrected chi connectivity index (χ3v) is 2.97. The Morgan fingerprint density at radius 3 is 2.74 bits per heavy atom. The van der Waals surface area contributed by atoms with Gasteiger partial charge >= 0.3 is 0 Å². The summed E-state index contributed by atoms with van der Waals surface area (Å²) >= 11 is 0. The van der Waals surface area contributed by atoms with Crippen LogP contribution in [0.5, 0.6) is 0 Å². The van der Waals surface area contributed by atoms with Crippen LogP contribution in [-0.2, 0) is 11.2 Å². The lowest BCUT2D eigenvalue weighted by atomic mass is 10.1. The molecule has 0 radical (unpaired) electrons. The summed E-state index contributed by atoms with van der Waals surface area (Å²) in [6.45, 7) is 0.545. The molecule has 3 nitrogen and oxygen atoms in total. The number of hydrogen-bond donors (Lipinski definition) is 0. The molecule has 0 aliphatic carbocycles. The zero-order chi connectivity index (χ0) is 13.1. The molecule has 2 heterocycles. The minimum atomic E-state index is -0.358. The second kappa shape index (κ2) is 5.18. The summed E-state index contributed by atoms with van der Waals surface area (Å²) in [7, 11) is 0. The molecule has 1 aromatic carbocycles. The van der Waals surface area contributed by atoms with E-state index in [1.165, 1.54) is 17.8 Å². The molecule has 3 rings (SSSR count). The minimum absolute atomic E-state index is 0.101. The Balaban J connectivity index is 1.72. The smallest absolute Gasteiger partial charge is 0.235 e. The van der Waals surface area contributed by atoms with Crippen LogP contribution in [0.1, 0.15) is 11.3 Å². The van der Waals surface area contributed by atoms with Crippen LogP contribution in [0.15, 0.2) is 53.7 Å². The van der Waals surface area contributed by atoms with E-state index in [4.69, 9.17) is 4.74 Å². The first-order chi connectivity index (χ1) is 9.31. The van der Waals surface area contributed by atoms with E-state index < -0.39 is 0 Å². The molecule has 1 atom stereocenters. The summed E-state index contributed by atoms with van der Waals surface area (Å²) in [6, 6.07) is 13.2. The lowest BCUT2D eigenvalue weighted by molar-refractivity contribution is 0.316. The molecular formula is C15H13FN2O. The molecule has 0 saturated heterocycles. The molecule has 1 aliphatic heterocycles. The number of hydrogen-bond acceptors (Lipinski definition) is 3. The van der Waals surface area contributed by atoms with Gasteiger partial charge < -0.3 is 4.74 Å². The number of aliphatic imine (C=N–C) groups is 1. The largest absolute Gasteiger partial charge is 0.474 e. The Morgan fingerprint density at radius 2 is 2.00 bits per heavy atom. The average molecular weight is 256 g/mol. The molecule has 1 aliphatic rings. The second-order valence-corrected chi connectivity index (χ2v) is 4.45. The van der Waals surface area contributed by atoms with Crippen molar-refractivity contribution in [3.8, 4) is 0 Å². The first kappa shape index (κ1) is 11.8. The van der Waals surface area contributed by atoms with E-state index in [0.717, 1.165) is 6.42 Å². The molecule has 0 amide bonds. The molecule has 0 bridgehead atoms. The average Bonchev–Trinajstić information content (AvgIpc) is 2.89. The summed E-state index contributed by atoms with van der Waals surface area (Å²) in [5.74, 6) is 0.143. The highest BCUT2D eigenvalue weighted by Gasteiger charge is 2.21. The Bertz CT molecular complexity index is 581. The predicted molar refractivity (Wildman–Crippen MR) is 70.6 cm³/mol. The minimum Gasteiger partial charge on any atom is -0.474 e. The van der Waals surface area contributed by atoms with Gasteiger partial charge in [0.1, 0.15) is 18.1 Å². The third-order valence-electron chi connectivity index (χ3n) is 2.97. The highest BCUT2D eigenvalue weighted by molar-refractivity contribution is 5.93. The summed E-state index contributed by atoms with van der Waals surface area (Å²) in [5, 5.41) is 0. The summed E-state index contributed by atoms with van der Waals surface area (Å²) < 4.78 is 18.3.